The van der Waals surface area contributed by atoms with Gasteiger partial charge < -0.3 is 9.73 Å². The Labute approximate surface area is 168 Å². The second-order valence-corrected chi connectivity index (χ2v) is 7.02. The van der Waals surface area contributed by atoms with Gasteiger partial charge >= 0.3 is 0 Å². The molecular weight excluding hydrogens is 397 g/mol. The maximum atomic E-state index is 13.5. The van der Waals surface area contributed by atoms with Crippen LogP contribution in [0.5, 0.6) is 0 Å². The molecule has 3 aromatic heterocycles. The second-order valence-electron chi connectivity index (χ2n) is 6.08. The number of anilines is 1. The van der Waals surface area contributed by atoms with E-state index in [1.54, 1.807) is 28.4 Å². The number of halogens is 1. The zero-order valence-corrected chi connectivity index (χ0v) is 15.9. The van der Waals surface area contributed by atoms with Gasteiger partial charge in [0.1, 0.15) is 16.5 Å². The van der Waals surface area contributed by atoms with Crippen LogP contribution < -0.4 is 5.32 Å². The van der Waals surface area contributed by atoms with E-state index in [4.69, 9.17) is 4.42 Å². The molecule has 0 saturated heterocycles. The van der Waals surface area contributed by atoms with E-state index in [1.807, 2.05) is 0 Å². The van der Waals surface area contributed by atoms with Crippen molar-refractivity contribution in [1.29, 1.82) is 0 Å². The maximum absolute atomic E-state index is 13.5. The average Bonchev–Trinajstić information content (AvgIpc) is 3.42. The van der Waals surface area contributed by atoms with Gasteiger partial charge in [0, 0.05) is 30.1 Å². The van der Waals surface area contributed by atoms with Crippen LogP contribution in [0.15, 0.2) is 52.7 Å². The van der Waals surface area contributed by atoms with Crippen LogP contribution in [0.3, 0.4) is 0 Å². The summed E-state index contributed by atoms with van der Waals surface area (Å²) in [5.74, 6) is -0.592. The summed E-state index contributed by atoms with van der Waals surface area (Å²) in [6, 6.07) is 7.33. The fourth-order valence-corrected chi connectivity index (χ4v) is 3.44. The van der Waals surface area contributed by atoms with Crippen molar-refractivity contribution >= 4 is 28.8 Å². The van der Waals surface area contributed by atoms with Crippen molar-refractivity contribution in [3.05, 3.63) is 70.5 Å². The molecule has 29 heavy (non-hydrogen) atoms. The van der Waals surface area contributed by atoms with Gasteiger partial charge in [-0.1, -0.05) is 12.1 Å². The summed E-state index contributed by atoms with van der Waals surface area (Å²) < 4.78 is 20.3. The van der Waals surface area contributed by atoms with Crippen LogP contribution >= 0.6 is 11.3 Å². The van der Waals surface area contributed by atoms with Crippen molar-refractivity contribution in [2.75, 3.05) is 5.32 Å². The minimum absolute atomic E-state index is 0.0242. The van der Waals surface area contributed by atoms with Crippen LogP contribution in [0.25, 0.3) is 11.3 Å². The first-order valence-electron chi connectivity index (χ1n) is 8.49. The summed E-state index contributed by atoms with van der Waals surface area (Å²) in [6.45, 7) is 1.83. The number of carbonyl (C=O) groups is 2. The molecule has 1 aromatic carbocycles. The molecule has 0 bridgehead atoms. The van der Waals surface area contributed by atoms with E-state index in [0.717, 1.165) is 11.4 Å². The number of ketones is 1. The summed E-state index contributed by atoms with van der Waals surface area (Å²) in [4.78, 5) is 32.1. The lowest BCUT2D eigenvalue weighted by molar-refractivity contribution is 0.100. The van der Waals surface area contributed by atoms with E-state index in [-0.39, 0.29) is 17.2 Å². The molecule has 1 N–H and O–H groups in total. The number of nitrogens with zero attached hydrogens (tertiary/aromatic N) is 4. The van der Waals surface area contributed by atoms with Crippen LogP contribution in [0.1, 0.15) is 32.9 Å². The normalized spacial score (nSPS) is 10.8. The van der Waals surface area contributed by atoms with Crippen LogP contribution in [0.4, 0.5) is 10.2 Å². The summed E-state index contributed by atoms with van der Waals surface area (Å²) in [7, 11) is 0. The van der Waals surface area contributed by atoms with Gasteiger partial charge in [0.25, 0.3) is 5.91 Å². The van der Waals surface area contributed by atoms with Crippen LogP contribution in [-0.2, 0) is 6.54 Å². The third-order valence-corrected chi connectivity index (χ3v) is 4.79. The molecule has 0 unspecified atom stereocenters. The Morgan fingerprint density at radius 3 is 2.93 bits per heavy atom. The monoisotopic (exact) mass is 411 g/mol. The molecule has 0 atom stereocenters. The molecule has 8 nitrogen and oxygen atoms in total. The lowest BCUT2D eigenvalue weighted by Crippen LogP contribution is -2.14. The molecule has 1 amide bonds. The van der Waals surface area contributed by atoms with Crippen LogP contribution in [0.2, 0.25) is 0 Å². The summed E-state index contributed by atoms with van der Waals surface area (Å²) in [6.07, 6.45) is 2.81. The number of carbonyl (C=O) groups excluding carboxylic acids is 2. The van der Waals surface area contributed by atoms with Gasteiger partial charge in [0.05, 0.1) is 6.54 Å². The van der Waals surface area contributed by atoms with E-state index >= 15 is 0 Å². The summed E-state index contributed by atoms with van der Waals surface area (Å²) in [5, 5.41) is 9.33. The smallest absolute Gasteiger partial charge is 0.279 e. The predicted molar refractivity (Wildman–Crippen MR) is 103 cm³/mol. The SMILES string of the molecule is CC(=O)c1csc(Cn2ccc(NC(=O)c3ncoc3-c3cccc(F)c3)n2)n1. The molecule has 0 aliphatic carbocycles. The number of Topliss-reactive ketones (excluding diaryl/α,β-unsaturated/α-hetero) is 1. The molecule has 0 fully saturated rings. The Hall–Kier alpha value is -3.66. The minimum Gasteiger partial charge on any atom is -0.443 e. The number of rotatable bonds is 6. The molecule has 0 radical (unpaired) electrons. The zero-order chi connectivity index (χ0) is 20.4. The van der Waals surface area contributed by atoms with E-state index in [1.165, 1.54) is 36.5 Å². The Balaban J connectivity index is 1.47. The lowest BCUT2D eigenvalue weighted by atomic mass is 10.1. The number of amides is 1. The number of thiazole rings is 1. The van der Waals surface area contributed by atoms with Crippen molar-refractivity contribution in [2.45, 2.75) is 13.5 Å². The number of oxazole rings is 1. The zero-order valence-electron chi connectivity index (χ0n) is 15.1. The maximum Gasteiger partial charge on any atom is 0.279 e. The number of hydrogen-bond donors (Lipinski definition) is 1. The van der Waals surface area contributed by atoms with E-state index in [0.29, 0.717) is 23.6 Å². The second kappa shape index (κ2) is 7.76. The van der Waals surface area contributed by atoms with Gasteiger partial charge in [0.2, 0.25) is 0 Å². The molecule has 4 rings (SSSR count). The Bertz CT molecular complexity index is 1200. The fourth-order valence-electron chi connectivity index (χ4n) is 2.62. The van der Waals surface area contributed by atoms with E-state index in [9.17, 15) is 14.0 Å². The van der Waals surface area contributed by atoms with Crippen molar-refractivity contribution < 1.29 is 18.4 Å². The molecule has 0 spiro atoms. The highest BCUT2D eigenvalue weighted by atomic mass is 32.1. The Kier molecular flexibility index (Phi) is 5.00. The summed E-state index contributed by atoms with van der Waals surface area (Å²) in [5.41, 5.74) is 0.848. The summed E-state index contributed by atoms with van der Waals surface area (Å²) >= 11 is 1.36. The van der Waals surface area contributed by atoms with Gasteiger partial charge in [-0.05, 0) is 12.1 Å². The number of aromatic nitrogens is 4. The van der Waals surface area contributed by atoms with Crippen molar-refractivity contribution in [1.82, 2.24) is 19.7 Å². The Morgan fingerprint density at radius 1 is 1.31 bits per heavy atom. The highest BCUT2D eigenvalue weighted by Crippen LogP contribution is 2.24. The van der Waals surface area contributed by atoms with E-state index in [2.05, 4.69) is 20.4 Å². The topological polar surface area (TPSA) is 103 Å². The first-order chi connectivity index (χ1) is 14.0. The average molecular weight is 411 g/mol. The third-order valence-electron chi connectivity index (χ3n) is 3.96. The quantitative estimate of drug-likeness (QED) is 0.486. The van der Waals surface area contributed by atoms with Crippen molar-refractivity contribution in [3.63, 3.8) is 0 Å². The third kappa shape index (κ3) is 4.11. The largest absolute Gasteiger partial charge is 0.443 e. The molecule has 3 heterocycles. The lowest BCUT2D eigenvalue weighted by Gasteiger charge is -2.02. The van der Waals surface area contributed by atoms with Gasteiger partial charge in [-0.15, -0.1) is 11.3 Å². The van der Waals surface area contributed by atoms with Crippen LogP contribution in [0, 0.1) is 5.82 Å². The van der Waals surface area contributed by atoms with Gasteiger partial charge in [-0.25, -0.2) is 14.4 Å². The number of hydrogen-bond acceptors (Lipinski definition) is 7. The number of nitrogens with one attached hydrogen (secondary N) is 1. The Morgan fingerprint density at radius 2 is 2.17 bits per heavy atom. The van der Waals surface area contributed by atoms with Gasteiger partial charge in [0.15, 0.2) is 29.4 Å². The molecule has 4 aromatic rings. The fraction of sp³-hybridized carbons (Fsp3) is 0.105. The van der Waals surface area contributed by atoms with Gasteiger partial charge in [-0.3, -0.25) is 14.3 Å². The van der Waals surface area contributed by atoms with E-state index < -0.39 is 11.7 Å². The van der Waals surface area contributed by atoms with Crippen molar-refractivity contribution in [3.8, 4) is 11.3 Å². The van der Waals surface area contributed by atoms with Crippen molar-refractivity contribution in [2.24, 2.45) is 0 Å². The van der Waals surface area contributed by atoms with Gasteiger partial charge in [-0.2, -0.15) is 5.10 Å². The first kappa shape index (κ1) is 18.7. The highest BCUT2D eigenvalue weighted by Gasteiger charge is 2.19. The molecule has 0 aliphatic heterocycles. The molecule has 146 valence electrons. The first-order valence-corrected chi connectivity index (χ1v) is 9.37. The standard InChI is InChI=1S/C19H14FN5O3S/c1-11(26)14-9-29-16(22-14)8-25-6-5-15(24-25)23-19(27)17-18(28-10-21-17)12-3-2-4-13(20)7-12/h2-7,9-10H,8H2,1H3,(H,23,24,27). The van der Waals surface area contributed by atoms with Crippen LogP contribution in [-0.4, -0.2) is 31.4 Å². The number of benzene rings is 1. The molecule has 0 saturated carbocycles. The predicted octanol–water partition coefficient (Wildman–Crippen LogP) is 3.64. The minimum atomic E-state index is -0.531. The molecule has 0 aliphatic rings. The molecule has 10 heteroatoms. The highest BCUT2D eigenvalue weighted by molar-refractivity contribution is 7.09. The molecular formula is C19H14FN5O3S.